The van der Waals surface area contributed by atoms with Crippen LogP contribution in [0.5, 0.6) is 5.75 Å². The van der Waals surface area contributed by atoms with Crippen LogP contribution in [0.25, 0.3) is 0 Å². The monoisotopic (exact) mass is 542 g/mol. The minimum absolute atomic E-state index is 0. The standard InChI is InChI=1S/C19H31FN4O3S.HI/c1-4-21-19(22-10-11-28(25,26)23-13-15-6-5-7-15)24(2)14-16-8-9-18(27-3)17(20)12-16;/h8-9,12,15,23H,4-7,10-11,13-14H2,1-3H3,(H,21,22);1H. The molecule has 29 heavy (non-hydrogen) atoms. The summed E-state index contributed by atoms with van der Waals surface area (Å²) in [5.74, 6) is 0.782. The van der Waals surface area contributed by atoms with E-state index in [2.05, 4.69) is 15.0 Å². The average Bonchev–Trinajstić information content (AvgIpc) is 2.59. The molecule has 7 nitrogen and oxygen atoms in total. The minimum atomic E-state index is -3.33. The molecule has 2 N–H and O–H groups in total. The Labute approximate surface area is 190 Å². The number of halogens is 2. The van der Waals surface area contributed by atoms with Crippen LogP contribution in [0.1, 0.15) is 31.7 Å². The smallest absolute Gasteiger partial charge is 0.213 e. The van der Waals surface area contributed by atoms with E-state index in [1.54, 1.807) is 12.1 Å². The lowest BCUT2D eigenvalue weighted by molar-refractivity contribution is 0.316. The summed E-state index contributed by atoms with van der Waals surface area (Å²) in [4.78, 5) is 6.24. The first kappa shape index (κ1) is 25.9. The lowest BCUT2D eigenvalue weighted by atomic mass is 9.86. The summed E-state index contributed by atoms with van der Waals surface area (Å²) < 4.78 is 45.7. The van der Waals surface area contributed by atoms with E-state index in [1.807, 2.05) is 18.9 Å². The molecular formula is C19H32FIN4O3S. The Morgan fingerprint density at radius 3 is 2.66 bits per heavy atom. The van der Waals surface area contributed by atoms with Crippen molar-refractivity contribution in [3.63, 3.8) is 0 Å². The Balaban J connectivity index is 0.00000420. The molecule has 1 saturated carbocycles. The Morgan fingerprint density at radius 1 is 1.38 bits per heavy atom. The van der Waals surface area contributed by atoms with Gasteiger partial charge in [0.25, 0.3) is 0 Å². The minimum Gasteiger partial charge on any atom is -0.494 e. The maximum absolute atomic E-state index is 13.9. The predicted octanol–water partition coefficient (Wildman–Crippen LogP) is 2.57. The molecule has 1 aromatic carbocycles. The lowest BCUT2D eigenvalue weighted by Crippen LogP contribution is -2.39. The molecule has 0 unspecified atom stereocenters. The van der Waals surface area contributed by atoms with Crippen LogP contribution in [-0.4, -0.2) is 58.8 Å². The van der Waals surface area contributed by atoms with Gasteiger partial charge in [-0.3, -0.25) is 4.99 Å². The van der Waals surface area contributed by atoms with Crippen LogP contribution in [0, 0.1) is 11.7 Å². The largest absolute Gasteiger partial charge is 0.494 e. The molecule has 0 saturated heterocycles. The number of sulfonamides is 1. The number of benzene rings is 1. The van der Waals surface area contributed by atoms with Crippen LogP contribution >= 0.6 is 24.0 Å². The van der Waals surface area contributed by atoms with E-state index in [4.69, 9.17) is 4.74 Å². The van der Waals surface area contributed by atoms with E-state index < -0.39 is 15.8 Å². The Hall–Kier alpha value is -1.14. The third kappa shape index (κ3) is 8.63. The highest BCUT2D eigenvalue weighted by Crippen LogP contribution is 2.25. The molecule has 2 rings (SSSR count). The van der Waals surface area contributed by atoms with Gasteiger partial charge in [0.2, 0.25) is 10.0 Å². The van der Waals surface area contributed by atoms with E-state index in [0.29, 0.717) is 31.5 Å². The summed E-state index contributed by atoms with van der Waals surface area (Å²) in [7, 11) is -0.0760. The molecular weight excluding hydrogens is 510 g/mol. The summed E-state index contributed by atoms with van der Waals surface area (Å²) in [5.41, 5.74) is 0.765. The number of hydrogen-bond acceptors (Lipinski definition) is 4. The van der Waals surface area contributed by atoms with E-state index in [0.717, 1.165) is 18.4 Å². The number of methoxy groups -OCH3 is 1. The SMILES string of the molecule is CCNC(=NCCS(=O)(=O)NCC1CCC1)N(C)Cc1ccc(OC)c(F)c1.I. The van der Waals surface area contributed by atoms with Crippen molar-refractivity contribution in [1.29, 1.82) is 0 Å². The van der Waals surface area contributed by atoms with Gasteiger partial charge in [0.15, 0.2) is 17.5 Å². The number of rotatable bonds is 10. The van der Waals surface area contributed by atoms with Gasteiger partial charge < -0.3 is 15.0 Å². The van der Waals surface area contributed by atoms with Crippen molar-refractivity contribution in [3.8, 4) is 5.75 Å². The second-order valence-corrected chi connectivity index (χ2v) is 8.95. The Bertz CT molecular complexity index is 773. The van der Waals surface area contributed by atoms with E-state index >= 15 is 0 Å². The van der Waals surface area contributed by atoms with Gasteiger partial charge in [-0.25, -0.2) is 17.5 Å². The summed E-state index contributed by atoms with van der Waals surface area (Å²) in [6.45, 7) is 3.69. The van der Waals surface area contributed by atoms with Gasteiger partial charge >= 0.3 is 0 Å². The van der Waals surface area contributed by atoms with Crippen LogP contribution < -0.4 is 14.8 Å². The van der Waals surface area contributed by atoms with Crippen molar-refractivity contribution >= 4 is 40.0 Å². The molecule has 1 aliphatic rings. The highest BCUT2D eigenvalue weighted by Gasteiger charge is 2.20. The third-order valence-electron chi connectivity index (χ3n) is 4.77. The van der Waals surface area contributed by atoms with Gasteiger partial charge in [-0.2, -0.15) is 0 Å². The maximum Gasteiger partial charge on any atom is 0.213 e. The van der Waals surface area contributed by atoms with Gasteiger partial charge in [-0.05, 0) is 43.4 Å². The fraction of sp³-hybridized carbons (Fsp3) is 0.632. The number of guanidine groups is 1. The number of hydrogen-bond donors (Lipinski definition) is 2. The quantitative estimate of drug-likeness (QED) is 0.270. The van der Waals surface area contributed by atoms with Gasteiger partial charge in [0.1, 0.15) is 0 Å². The van der Waals surface area contributed by atoms with Crippen molar-refractivity contribution < 1.29 is 17.5 Å². The predicted molar refractivity (Wildman–Crippen MR) is 125 cm³/mol. The number of aliphatic imine (C=N–C) groups is 1. The van der Waals surface area contributed by atoms with E-state index in [9.17, 15) is 12.8 Å². The molecule has 0 aliphatic heterocycles. The molecule has 1 aromatic rings. The molecule has 10 heteroatoms. The van der Waals surface area contributed by atoms with Gasteiger partial charge in [-0.15, -0.1) is 24.0 Å². The van der Waals surface area contributed by atoms with Crippen LogP contribution in [0.4, 0.5) is 4.39 Å². The average molecular weight is 542 g/mol. The zero-order valence-corrected chi connectivity index (χ0v) is 20.4. The molecule has 0 spiro atoms. The zero-order chi connectivity index (χ0) is 20.6. The summed E-state index contributed by atoms with van der Waals surface area (Å²) in [5, 5.41) is 3.14. The fourth-order valence-corrected chi connectivity index (χ4v) is 3.88. The number of nitrogens with zero attached hydrogens (tertiary/aromatic N) is 2. The van der Waals surface area contributed by atoms with Gasteiger partial charge in [0.05, 0.1) is 19.4 Å². The van der Waals surface area contributed by atoms with Gasteiger partial charge in [0, 0.05) is 26.7 Å². The van der Waals surface area contributed by atoms with E-state index in [1.165, 1.54) is 19.6 Å². The van der Waals surface area contributed by atoms with Crippen LogP contribution in [0.2, 0.25) is 0 Å². The first-order valence-corrected chi connectivity index (χ1v) is 11.3. The van der Waals surface area contributed by atoms with Crippen molar-refractivity contribution in [1.82, 2.24) is 14.9 Å². The molecule has 0 radical (unpaired) electrons. The maximum atomic E-state index is 13.9. The zero-order valence-electron chi connectivity index (χ0n) is 17.3. The molecule has 1 fully saturated rings. The molecule has 1 aliphatic carbocycles. The highest BCUT2D eigenvalue weighted by atomic mass is 127. The lowest BCUT2D eigenvalue weighted by Gasteiger charge is -2.25. The topological polar surface area (TPSA) is 83.0 Å². The second-order valence-electron chi connectivity index (χ2n) is 7.02. The van der Waals surface area contributed by atoms with Crippen LogP contribution in [0.15, 0.2) is 23.2 Å². The fourth-order valence-electron chi connectivity index (χ4n) is 2.91. The molecule has 0 bridgehead atoms. The summed E-state index contributed by atoms with van der Waals surface area (Å²) in [6, 6.07) is 4.80. The molecule has 0 atom stereocenters. The Morgan fingerprint density at radius 2 is 2.10 bits per heavy atom. The summed E-state index contributed by atoms with van der Waals surface area (Å²) >= 11 is 0. The Kier molecular flexibility index (Phi) is 11.2. The van der Waals surface area contributed by atoms with Crippen molar-refractivity contribution in [2.24, 2.45) is 10.9 Å². The van der Waals surface area contributed by atoms with Crippen molar-refractivity contribution in [3.05, 3.63) is 29.6 Å². The normalized spacial score (nSPS) is 14.7. The third-order valence-corrected chi connectivity index (χ3v) is 6.10. The second kappa shape index (κ2) is 12.5. The first-order valence-electron chi connectivity index (χ1n) is 9.63. The molecule has 0 amide bonds. The van der Waals surface area contributed by atoms with Gasteiger partial charge in [-0.1, -0.05) is 12.5 Å². The van der Waals surface area contributed by atoms with Crippen molar-refractivity contribution in [2.75, 3.05) is 39.5 Å². The van der Waals surface area contributed by atoms with Crippen LogP contribution in [0.3, 0.4) is 0 Å². The highest BCUT2D eigenvalue weighted by molar-refractivity contribution is 14.0. The van der Waals surface area contributed by atoms with Crippen molar-refractivity contribution in [2.45, 2.75) is 32.7 Å². The summed E-state index contributed by atoms with van der Waals surface area (Å²) in [6.07, 6.45) is 3.39. The van der Waals surface area contributed by atoms with Crippen LogP contribution in [-0.2, 0) is 16.6 Å². The molecule has 0 heterocycles. The number of nitrogens with one attached hydrogen (secondary N) is 2. The van der Waals surface area contributed by atoms with E-state index in [-0.39, 0.29) is 42.0 Å². The molecule has 0 aromatic heterocycles. The first-order chi connectivity index (χ1) is 13.3. The molecule has 166 valence electrons. The number of ether oxygens (including phenoxy) is 1.